The lowest BCUT2D eigenvalue weighted by molar-refractivity contribution is -0.147. The van der Waals surface area contributed by atoms with Crippen molar-refractivity contribution in [3.8, 4) is 0 Å². The number of carbonyl (C=O) groups is 3. The Bertz CT molecular complexity index is 882. The van der Waals surface area contributed by atoms with Gasteiger partial charge in [-0.2, -0.15) is 0 Å². The Labute approximate surface area is 180 Å². The topological polar surface area (TPSA) is 166 Å². The number of aliphatic carboxylic acids is 1. The summed E-state index contributed by atoms with van der Waals surface area (Å²) in [5, 5.41) is 23.8. The molecular weight excluding hydrogens is 434 g/mol. The first-order chi connectivity index (χ1) is 14.1. The molecule has 0 bridgehead atoms. The highest BCUT2D eigenvalue weighted by Crippen LogP contribution is 2.40. The molecule has 1 aromatic heterocycles. The summed E-state index contributed by atoms with van der Waals surface area (Å²) in [6, 6.07) is -0.664. The zero-order valence-corrected chi connectivity index (χ0v) is 18.3. The van der Waals surface area contributed by atoms with E-state index in [1.165, 1.54) is 33.1 Å². The third-order valence-electron chi connectivity index (χ3n) is 4.16. The van der Waals surface area contributed by atoms with Gasteiger partial charge in [-0.1, -0.05) is 11.8 Å². The number of alkyl carbamates (subject to hydrolysis) is 1. The molecule has 1 aromatic rings. The van der Waals surface area contributed by atoms with Crippen molar-refractivity contribution in [2.45, 2.75) is 49.5 Å². The van der Waals surface area contributed by atoms with Gasteiger partial charge in [-0.05, 0) is 36.8 Å². The predicted octanol–water partition coefficient (Wildman–Crippen LogP) is -0.129. The largest absolute Gasteiger partial charge is 0.477 e. The number of hydrogen-bond acceptors (Lipinski definition) is 10. The number of thioether (sulfide) groups is 2. The van der Waals surface area contributed by atoms with E-state index in [0.29, 0.717) is 28.8 Å². The van der Waals surface area contributed by atoms with Crippen LogP contribution in [0.25, 0.3) is 0 Å². The molecule has 2 aliphatic rings. The molecule has 0 saturated carbocycles. The molecule has 2 atom stereocenters. The number of tetrazole rings is 1. The molecule has 0 radical (unpaired) electrons. The number of nitrogens with two attached hydrogens (primary N) is 1. The van der Waals surface area contributed by atoms with Crippen molar-refractivity contribution < 1.29 is 24.2 Å². The number of amides is 2. The Morgan fingerprint density at radius 1 is 1.43 bits per heavy atom. The lowest BCUT2D eigenvalue weighted by atomic mass is 10.0. The molecule has 14 heteroatoms. The second-order valence-corrected chi connectivity index (χ2v) is 9.64. The highest BCUT2D eigenvalue weighted by molar-refractivity contribution is 8.01. The smallest absolute Gasteiger partial charge is 0.407 e. The van der Waals surface area contributed by atoms with Crippen molar-refractivity contribution in [2.75, 3.05) is 18.1 Å². The van der Waals surface area contributed by atoms with E-state index >= 15 is 0 Å². The number of carboxylic acid groups (broad SMARTS) is 1. The number of carboxylic acids is 1. The van der Waals surface area contributed by atoms with Crippen molar-refractivity contribution in [3.05, 3.63) is 11.3 Å². The normalized spacial score (nSPS) is 21.2. The van der Waals surface area contributed by atoms with Crippen LogP contribution in [0.2, 0.25) is 0 Å². The van der Waals surface area contributed by atoms with E-state index in [1.807, 2.05) is 0 Å². The molecule has 1 fully saturated rings. The maximum absolute atomic E-state index is 12.0. The minimum absolute atomic E-state index is 0.0106. The number of ether oxygens (including phenoxy) is 1. The van der Waals surface area contributed by atoms with Crippen LogP contribution in [0, 0.1) is 0 Å². The van der Waals surface area contributed by atoms with Gasteiger partial charge in [0.15, 0.2) is 0 Å². The van der Waals surface area contributed by atoms with Gasteiger partial charge in [-0.3, -0.25) is 9.69 Å². The summed E-state index contributed by atoms with van der Waals surface area (Å²) in [7, 11) is 0. The second kappa shape index (κ2) is 8.81. The molecule has 30 heavy (non-hydrogen) atoms. The summed E-state index contributed by atoms with van der Waals surface area (Å²) in [4.78, 5) is 36.7. The van der Waals surface area contributed by atoms with Crippen LogP contribution < -0.4 is 11.1 Å². The first-order valence-electron chi connectivity index (χ1n) is 9.10. The first kappa shape index (κ1) is 22.4. The maximum atomic E-state index is 12.0. The number of nitrogens with one attached hydrogen (secondary N) is 1. The van der Waals surface area contributed by atoms with Gasteiger partial charge in [-0.25, -0.2) is 14.3 Å². The standard InChI is InChI=1S/C16H23N7O5S2/c1-16(2,3)28-15(27)18-4-5-22-14(19-20-21-22)30-7-8-6-29-12-9(17)11(24)23(12)10(8)13(25)26/h9,12H,4-7,17H2,1-3H3,(H,18,27)(H,25,26). The van der Waals surface area contributed by atoms with Crippen molar-refractivity contribution in [2.24, 2.45) is 5.73 Å². The third-order valence-corrected chi connectivity index (χ3v) is 6.56. The molecule has 2 amide bonds. The summed E-state index contributed by atoms with van der Waals surface area (Å²) in [5.74, 6) is -0.777. The van der Waals surface area contributed by atoms with E-state index in [2.05, 4.69) is 20.8 Å². The molecule has 2 aliphatic heterocycles. The van der Waals surface area contributed by atoms with Gasteiger partial charge < -0.3 is 20.9 Å². The fraction of sp³-hybridized carbons (Fsp3) is 0.625. The summed E-state index contributed by atoms with van der Waals surface area (Å²) in [6.45, 7) is 5.89. The van der Waals surface area contributed by atoms with E-state index in [1.54, 1.807) is 20.8 Å². The highest BCUT2D eigenvalue weighted by atomic mass is 32.2. The van der Waals surface area contributed by atoms with Crippen LogP contribution in [-0.2, 0) is 20.9 Å². The van der Waals surface area contributed by atoms with Crippen molar-refractivity contribution in [1.29, 1.82) is 0 Å². The molecule has 4 N–H and O–H groups in total. The molecule has 164 valence electrons. The van der Waals surface area contributed by atoms with Crippen LogP contribution >= 0.6 is 23.5 Å². The van der Waals surface area contributed by atoms with Crippen LogP contribution in [0.3, 0.4) is 0 Å². The number of fused-ring (bicyclic) bond motifs is 1. The lowest BCUT2D eigenvalue weighted by Crippen LogP contribution is -2.68. The zero-order chi connectivity index (χ0) is 22.1. The molecule has 3 rings (SSSR count). The minimum atomic E-state index is -1.16. The maximum Gasteiger partial charge on any atom is 0.407 e. The Balaban J connectivity index is 1.59. The van der Waals surface area contributed by atoms with Crippen molar-refractivity contribution >= 4 is 41.5 Å². The summed E-state index contributed by atoms with van der Waals surface area (Å²) in [5.41, 5.74) is 5.76. The Morgan fingerprint density at radius 2 is 2.17 bits per heavy atom. The van der Waals surface area contributed by atoms with Crippen molar-refractivity contribution in [3.63, 3.8) is 0 Å². The monoisotopic (exact) mass is 457 g/mol. The summed E-state index contributed by atoms with van der Waals surface area (Å²) >= 11 is 2.70. The quantitative estimate of drug-likeness (QED) is 0.369. The van der Waals surface area contributed by atoms with Crippen molar-refractivity contribution in [1.82, 2.24) is 30.4 Å². The van der Waals surface area contributed by atoms with E-state index in [0.717, 1.165) is 0 Å². The van der Waals surface area contributed by atoms with Crippen LogP contribution in [0.15, 0.2) is 16.4 Å². The minimum Gasteiger partial charge on any atom is -0.477 e. The number of nitrogens with zero attached hydrogens (tertiary/aromatic N) is 5. The number of aromatic nitrogens is 4. The Kier molecular flexibility index (Phi) is 6.57. The lowest BCUT2D eigenvalue weighted by Gasteiger charge is -2.48. The zero-order valence-electron chi connectivity index (χ0n) is 16.7. The average Bonchev–Trinajstić information content (AvgIpc) is 3.10. The predicted molar refractivity (Wildman–Crippen MR) is 109 cm³/mol. The number of rotatable bonds is 7. The highest BCUT2D eigenvalue weighted by Gasteiger charge is 2.51. The van der Waals surface area contributed by atoms with E-state index in [9.17, 15) is 19.5 Å². The SMILES string of the molecule is CC(C)(C)OC(=O)NCCn1nnnc1SCC1=C(C(=O)O)N2C(=O)C(N)C2SC1. The molecule has 0 spiro atoms. The van der Waals surface area contributed by atoms with Gasteiger partial charge in [0.25, 0.3) is 0 Å². The Hall–Kier alpha value is -2.32. The summed E-state index contributed by atoms with van der Waals surface area (Å²) < 4.78 is 6.67. The molecule has 2 unspecified atom stereocenters. The third kappa shape index (κ3) is 4.87. The average molecular weight is 458 g/mol. The van der Waals surface area contributed by atoms with Crippen LogP contribution in [0.1, 0.15) is 20.8 Å². The fourth-order valence-corrected chi connectivity index (χ4v) is 5.20. The molecule has 1 saturated heterocycles. The Morgan fingerprint density at radius 3 is 2.83 bits per heavy atom. The molecule has 0 aliphatic carbocycles. The van der Waals surface area contributed by atoms with Gasteiger partial charge in [0, 0.05) is 18.1 Å². The summed E-state index contributed by atoms with van der Waals surface area (Å²) in [6.07, 6.45) is -0.535. The molecule has 3 heterocycles. The van der Waals surface area contributed by atoms with Gasteiger partial charge in [-0.15, -0.1) is 16.9 Å². The molecule has 0 aromatic carbocycles. The fourth-order valence-electron chi connectivity index (χ4n) is 2.86. The first-order valence-corrected chi connectivity index (χ1v) is 11.1. The number of carbonyl (C=O) groups excluding carboxylic acids is 2. The van der Waals surface area contributed by atoms with Gasteiger partial charge >= 0.3 is 12.1 Å². The van der Waals surface area contributed by atoms with Gasteiger partial charge in [0.1, 0.15) is 22.7 Å². The number of hydrogen-bond donors (Lipinski definition) is 3. The van der Waals surface area contributed by atoms with Crippen LogP contribution in [0.4, 0.5) is 4.79 Å². The van der Waals surface area contributed by atoms with Gasteiger partial charge in [0.05, 0.1) is 6.54 Å². The van der Waals surface area contributed by atoms with E-state index in [4.69, 9.17) is 10.5 Å². The van der Waals surface area contributed by atoms with Gasteiger partial charge in [0.2, 0.25) is 11.1 Å². The molecule has 12 nitrogen and oxygen atoms in total. The van der Waals surface area contributed by atoms with Crippen LogP contribution in [-0.4, -0.2) is 83.3 Å². The molecular formula is C16H23N7O5S2. The second-order valence-electron chi connectivity index (χ2n) is 7.59. The number of β-lactam (4-membered cyclic amide) rings is 1. The van der Waals surface area contributed by atoms with E-state index < -0.39 is 23.7 Å². The van der Waals surface area contributed by atoms with Crippen LogP contribution in [0.5, 0.6) is 0 Å². The van der Waals surface area contributed by atoms with E-state index in [-0.39, 0.29) is 23.5 Å².